The van der Waals surface area contributed by atoms with Crippen molar-refractivity contribution in [2.75, 3.05) is 11.9 Å². The van der Waals surface area contributed by atoms with Crippen LogP contribution in [0.3, 0.4) is 0 Å². The minimum atomic E-state index is -0.152. The van der Waals surface area contributed by atoms with E-state index in [0.29, 0.717) is 21.9 Å². The van der Waals surface area contributed by atoms with Crippen LogP contribution >= 0.6 is 22.6 Å². The zero-order valence-electron chi connectivity index (χ0n) is 9.09. The lowest BCUT2D eigenvalue weighted by atomic mass is 9.96. The van der Waals surface area contributed by atoms with Crippen LogP contribution < -0.4 is 16.6 Å². The second-order valence-corrected chi connectivity index (χ2v) is 5.49. The molecule has 1 atom stereocenters. The highest BCUT2D eigenvalue weighted by atomic mass is 127. The molecule has 1 aromatic rings. The monoisotopic (exact) mass is 334 g/mol. The molecule has 88 valence electrons. The molecule has 1 aliphatic rings. The van der Waals surface area contributed by atoms with Crippen molar-refractivity contribution in [3.8, 4) is 0 Å². The number of nitrogens with zero attached hydrogens (tertiary/aromatic N) is 1. The molecule has 1 unspecified atom stereocenters. The van der Waals surface area contributed by atoms with Crippen molar-refractivity contribution < 1.29 is 0 Å². The van der Waals surface area contributed by atoms with Gasteiger partial charge in [-0.1, -0.05) is 0 Å². The quantitative estimate of drug-likeness (QED) is 0.715. The number of nitrogens with two attached hydrogens (primary N) is 1. The number of aromatic amines is 1. The molecule has 1 fully saturated rings. The summed E-state index contributed by atoms with van der Waals surface area (Å²) in [5, 5.41) is 3.31. The number of nitrogens with one attached hydrogen (secondary N) is 2. The van der Waals surface area contributed by atoms with E-state index in [1.807, 2.05) is 22.6 Å². The minimum Gasteiger partial charge on any atom is -0.362 e. The SMILES string of the molecule is CC(CN)(Nc1nc[nH]c(=O)c1I)C1CC1. The van der Waals surface area contributed by atoms with Crippen LogP contribution in [0.25, 0.3) is 0 Å². The standard InChI is InChI=1S/C10H15IN4O/c1-10(4-12,6-2-3-6)15-8-7(11)9(16)14-5-13-8/h5-6H,2-4,12H2,1H3,(H2,13,14,15,16). The van der Waals surface area contributed by atoms with E-state index in [-0.39, 0.29) is 11.1 Å². The molecular weight excluding hydrogens is 319 g/mol. The molecule has 6 heteroatoms. The lowest BCUT2D eigenvalue weighted by molar-refractivity contribution is 0.457. The molecular formula is C10H15IN4O. The summed E-state index contributed by atoms with van der Waals surface area (Å²) >= 11 is 2.00. The van der Waals surface area contributed by atoms with E-state index in [9.17, 15) is 4.79 Å². The van der Waals surface area contributed by atoms with Crippen LogP contribution in [0.1, 0.15) is 19.8 Å². The average Bonchev–Trinajstić information content (AvgIpc) is 3.08. The first-order valence-corrected chi connectivity index (χ1v) is 6.36. The molecule has 0 amide bonds. The molecule has 0 spiro atoms. The van der Waals surface area contributed by atoms with Gasteiger partial charge >= 0.3 is 0 Å². The molecule has 5 nitrogen and oxygen atoms in total. The fourth-order valence-electron chi connectivity index (χ4n) is 1.78. The summed E-state index contributed by atoms with van der Waals surface area (Å²) in [6, 6.07) is 0. The zero-order chi connectivity index (χ0) is 11.8. The summed E-state index contributed by atoms with van der Waals surface area (Å²) in [6.45, 7) is 2.63. The molecule has 0 bridgehead atoms. The Kier molecular flexibility index (Phi) is 3.20. The largest absolute Gasteiger partial charge is 0.362 e. The van der Waals surface area contributed by atoms with Crippen molar-refractivity contribution in [1.82, 2.24) is 9.97 Å². The van der Waals surface area contributed by atoms with Gasteiger partial charge in [-0.3, -0.25) is 4.79 Å². The first-order chi connectivity index (χ1) is 7.57. The Hall–Kier alpha value is -0.630. The van der Waals surface area contributed by atoms with Gasteiger partial charge in [-0.05, 0) is 48.3 Å². The van der Waals surface area contributed by atoms with Gasteiger partial charge < -0.3 is 16.0 Å². The summed E-state index contributed by atoms with van der Waals surface area (Å²) in [7, 11) is 0. The first kappa shape index (κ1) is 11.8. The fraction of sp³-hybridized carbons (Fsp3) is 0.600. The third-order valence-electron chi connectivity index (χ3n) is 3.10. The van der Waals surface area contributed by atoms with Crippen LogP contribution in [0.5, 0.6) is 0 Å². The molecule has 0 aromatic carbocycles. The van der Waals surface area contributed by atoms with Crippen molar-refractivity contribution in [3.63, 3.8) is 0 Å². The zero-order valence-corrected chi connectivity index (χ0v) is 11.2. The van der Waals surface area contributed by atoms with Gasteiger partial charge in [0.15, 0.2) is 0 Å². The number of hydrogen-bond acceptors (Lipinski definition) is 4. The average molecular weight is 334 g/mol. The third-order valence-corrected chi connectivity index (χ3v) is 4.10. The first-order valence-electron chi connectivity index (χ1n) is 5.28. The summed E-state index contributed by atoms with van der Waals surface area (Å²) in [4.78, 5) is 18.1. The number of H-pyrrole nitrogens is 1. The van der Waals surface area contributed by atoms with Gasteiger partial charge in [0.2, 0.25) is 0 Å². The van der Waals surface area contributed by atoms with Crippen LogP contribution in [0.15, 0.2) is 11.1 Å². The van der Waals surface area contributed by atoms with E-state index in [0.717, 1.165) is 0 Å². The lowest BCUT2D eigenvalue weighted by Gasteiger charge is -2.30. The van der Waals surface area contributed by atoms with E-state index < -0.39 is 0 Å². The Balaban J connectivity index is 2.25. The van der Waals surface area contributed by atoms with E-state index in [4.69, 9.17) is 5.73 Å². The lowest BCUT2D eigenvalue weighted by Crippen LogP contribution is -2.45. The molecule has 2 rings (SSSR count). The van der Waals surface area contributed by atoms with Crippen LogP contribution in [0, 0.1) is 9.49 Å². The maximum atomic E-state index is 11.4. The second-order valence-electron chi connectivity index (χ2n) is 4.42. The molecule has 1 heterocycles. The number of aromatic nitrogens is 2. The van der Waals surface area contributed by atoms with Crippen molar-refractivity contribution in [1.29, 1.82) is 0 Å². The van der Waals surface area contributed by atoms with E-state index >= 15 is 0 Å². The predicted molar refractivity (Wildman–Crippen MR) is 71.4 cm³/mol. The van der Waals surface area contributed by atoms with Crippen molar-refractivity contribution >= 4 is 28.4 Å². The molecule has 1 aliphatic carbocycles. The van der Waals surface area contributed by atoms with E-state index in [1.165, 1.54) is 19.2 Å². The third kappa shape index (κ3) is 2.22. The second kappa shape index (κ2) is 4.33. The topological polar surface area (TPSA) is 83.8 Å². The Labute approximate surface area is 107 Å². The number of rotatable bonds is 4. The molecule has 4 N–H and O–H groups in total. The summed E-state index contributed by atoms with van der Waals surface area (Å²) in [5.41, 5.74) is 5.54. The van der Waals surface area contributed by atoms with Gasteiger partial charge in [-0.25, -0.2) is 4.98 Å². The highest BCUT2D eigenvalue weighted by Crippen LogP contribution is 2.40. The van der Waals surface area contributed by atoms with Crippen LogP contribution in [0.2, 0.25) is 0 Å². The van der Waals surface area contributed by atoms with E-state index in [1.54, 1.807) is 0 Å². The molecule has 0 saturated heterocycles. The Morgan fingerprint density at radius 2 is 2.44 bits per heavy atom. The summed E-state index contributed by atoms with van der Waals surface area (Å²) in [5.74, 6) is 1.22. The smallest absolute Gasteiger partial charge is 0.266 e. The van der Waals surface area contributed by atoms with Crippen LogP contribution in [0.4, 0.5) is 5.82 Å². The predicted octanol–water partition coefficient (Wildman–Crippen LogP) is 0.914. The van der Waals surface area contributed by atoms with Gasteiger partial charge in [0, 0.05) is 6.54 Å². The van der Waals surface area contributed by atoms with E-state index in [2.05, 4.69) is 22.2 Å². The number of anilines is 1. The normalized spacial score (nSPS) is 19.2. The molecule has 0 aliphatic heterocycles. The maximum absolute atomic E-state index is 11.4. The van der Waals surface area contributed by atoms with Gasteiger partial charge in [0.1, 0.15) is 9.39 Å². The highest BCUT2D eigenvalue weighted by Gasteiger charge is 2.41. The molecule has 16 heavy (non-hydrogen) atoms. The van der Waals surface area contributed by atoms with Crippen molar-refractivity contribution in [3.05, 3.63) is 20.3 Å². The number of halogens is 1. The van der Waals surface area contributed by atoms with Gasteiger partial charge in [-0.2, -0.15) is 0 Å². The Morgan fingerprint density at radius 1 is 1.75 bits per heavy atom. The Bertz CT molecular complexity index is 443. The van der Waals surface area contributed by atoms with Crippen LogP contribution in [-0.4, -0.2) is 22.1 Å². The minimum absolute atomic E-state index is 0.117. The van der Waals surface area contributed by atoms with Gasteiger partial charge in [0.25, 0.3) is 5.56 Å². The Morgan fingerprint density at radius 3 is 3.00 bits per heavy atom. The fourth-order valence-corrected chi connectivity index (χ4v) is 2.21. The van der Waals surface area contributed by atoms with Gasteiger partial charge in [0.05, 0.1) is 11.9 Å². The molecule has 1 aromatic heterocycles. The highest BCUT2D eigenvalue weighted by molar-refractivity contribution is 14.1. The van der Waals surface area contributed by atoms with Gasteiger partial charge in [-0.15, -0.1) is 0 Å². The molecule has 1 saturated carbocycles. The van der Waals surface area contributed by atoms with Crippen molar-refractivity contribution in [2.24, 2.45) is 11.7 Å². The maximum Gasteiger partial charge on any atom is 0.266 e. The summed E-state index contributed by atoms with van der Waals surface area (Å²) < 4.78 is 0.584. The molecule has 0 radical (unpaired) electrons. The number of hydrogen-bond donors (Lipinski definition) is 3. The summed E-state index contributed by atoms with van der Waals surface area (Å²) in [6.07, 6.45) is 3.80. The van der Waals surface area contributed by atoms with Crippen LogP contribution in [-0.2, 0) is 0 Å². The van der Waals surface area contributed by atoms with Crippen molar-refractivity contribution in [2.45, 2.75) is 25.3 Å².